The van der Waals surface area contributed by atoms with E-state index in [1.807, 2.05) is 4.90 Å². The molecule has 0 spiro atoms. The van der Waals surface area contributed by atoms with Crippen LogP contribution in [0.3, 0.4) is 0 Å². The van der Waals surface area contributed by atoms with Crippen molar-refractivity contribution in [2.75, 3.05) is 18.0 Å². The summed E-state index contributed by atoms with van der Waals surface area (Å²) in [5.41, 5.74) is 0.982. The van der Waals surface area contributed by atoms with E-state index in [1.54, 1.807) is 0 Å². The molecule has 1 fully saturated rings. The molecule has 2 aromatic heterocycles. The van der Waals surface area contributed by atoms with Crippen LogP contribution in [0.1, 0.15) is 12.8 Å². The second-order valence-electron chi connectivity index (χ2n) is 4.73. The molecule has 0 atom stereocenters. The van der Waals surface area contributed by atoms with E-state index < -0.39 is 12.1 Å². The smallest absolute Gasteiger partial charge is 0.355 e. The molecule has 5 nitrogen and oxygen atoms in total. The van der Waals surface area contributed by atoms with Crippen LogP contribution in [0.5, 0.6) is 0 Å². The van der Waals surface area contributed by atoms with Gasteiger partial charge in [0.25, 0.3) is 0 Å². The van der Waals surface area contributed by atoms with Gasteiger partial charge in [-0.05, 0) is 12.8 Å². The number of nitrogens with zero attached hydrogens (tertiary/aromatic N) is 5. The third kappa shape index (κ3) is 2.37. The van der Waals surface area contributed by atoms with Crippen molar-refractivity contribution in [3.05, 3.63) is 18.7 Å². The van der Waals surface area contributed by atoms with Crippen LogP contribution < -0.4 is 4.90 Å². The van der Waals surface area contributed by atoms with Gasteiger partial charge < -0.3 is 4.90 Å². The molecule has 0 saturated carbocycles. The van der Waals surface area contributed by atoms with Gasteiger partial charge >= 0.3 is 6.18 Å². The molecule has 8 heteroatoms. The SMILES string of the molecule is FC(F)(F)C1CCN(c2ncnc3nccnc23)CC1. The van der Waals surface area contributed by atoms with Crippen molar-refractivity contribution >= 4 is 17.0 Å². The van der Waals surface area contributed by atoms with Gasteiger partial charge in [-0.15, -0.1) is 0 Å². The van der Waals surface area contributed by atoms with Gasteiger partial charge in [-0.3, -0.25) is 0 Å². The topological polar surface area (TPSA) is 54.8 Å². The Morgan fingerprint density at radius 2 is 1.70 bits per heavy atom. The predicted octanol–water partition coefficient (Wildman–Crippen LogP) is 2.20. The Morgan fingerprint density at radius 3 is 2.40 bits per heavy atom. The van der Waals surface area contributed by atoms with Gasteiger partial charge in [0.05, 0.1) is 5.92 Å². The predicted molar refractivity (Wildman–Crippen MR) is 66.1 cm³/mol. The maximum Gasteiger partial charge on any atom is 0.391 e. The van der Waals surface area contributed by atoms with E-state index in [-0.39, 0.29) is 12.8 Å². The summed E-state index contributed by atoms with van der Waals surface area (Å²) in [5, 5.41) is 0. The highest BCUT2D eigenvalue weighted by molar-refractivity contribution is 5.82. The average molecular weight is 283 g/mol. The third-order valence-electron chi connectivity index (χ3n) is 3.51. The molecule has 0 amide bonds. The molecule has 0 unspecified atom stereocenters. The molecule has 0 aliphatic carbocycles. The summed E-state index contributed by atoms with van der Waals surface area (Å²) in [6.07, 6.45) is 0.457. The van der Waals surface area contributed by atoms with Crippen LogP contribution in [0.2, 0.25) is 0 Å². The van der Waals surface area contributed by atoms with Crippen LogP contribution in [0.15, 0.2) is 18.7 Å². The number of fused-ring (bicyclic) bond motifs is 1. The van der Waals surface area contributed by atoms with Gasteiger partial charge in [-0.25, -0.2) is 19.9 Å². The molecular weight excluding hydrogens is 271 g/mol. The molecule has 0 bridgehead atoms. The lowest BCUT2D eigenvalue weighted by atomic mass is 9.96. The maximum atomic E-state index is 12.7. The van der Waals surface area contributed by atoms with Gasteiger partial charge in [0.15, 0.2) is 17.0 Å². The van der Waals surface area contributed by atoms with Crippen LogP contribution in [0.4, 0.5) is 19.0 Å². The Labute approximate surface area is 112 Å². The van der Waals surface area contributed by atoms with Crippen molar-refractivity contribution in [2.45, 2.75) is 19.0 Å². The summed E-state index contributed by atoms with van der Waals surface area (Å²) >= 11 is 0. The summed E-state index contributed by atoms with van der Waals surface area (Å²) in [7, 11) is 0. The second-order valence-corrected chi connectivity index (χ2v) is 4.73. The van der Waals surface area contributed by atoms with Crippen molar-refractivity contribution in [3.63, 3.8) is 0 Å². The van der Waals surface area contributed by atoms with E-state index in [0.717, 1.165) is 0 Å². The van der Waals surface area contributed by atoms with Crippen molar-refractivity contribution in [1.82, 2.24) is 19.9 Å². The fourth-order valence-electron chi connectivity index (χ4n) is 2.43. The van der Waals surface area contributed by atoms with Crippen LogP contribution in [-0.2, 0) is 0 Å². The zero-order valence-corrected chi connectivity index (χ0v) is 10.5. The molecule has 0 radical (unpaired) electrons. The number of alkyl halides is 3. The molecule has 106 valence electrons. The summed E-state index contributed by atoms with van der Waals surface area (Å²) in [4.78, 5) is 18.2. The highest BCUT2D eigenvalue weighted by atomic mass is 19.4. The van der Waals surface area contributed by atoms with Crippen LogP contribution in [0.25, 0.3) is 11.2 Å². The summed E-state index contributed by atoms with van der Waals surface area (Å²) < 4.78 is 38.0. The zero-order chi connectivity index (χ0) is 14.2. The van der Waals surface area contributed by atoms with Gasteiger partial charge in [0.1, 0.15) is 6.33 Å². The summed E-state index contributed by atoms with van der Waals surface area (Å²) in [6.45, 7) is 0.625. The van der Waals surface area contributed by atoms with E-state index >= 15 is 0 Å². The molecule has 20 heavy (non-hydrogen) atoms. The molecule has 3 rings (SSSR count). The fourth-order valence-corrected chi connectivity index (χ4v) is 2.43. The highest BCUT2D eigenvalue weighted by Gasteiger charge is 2.41. The first-order valence-corrected chi connectivity index (χ1v) is 6.29. The van der Waals surface area contributed by atoms with Crippen LogP contribution in [-0.4, -0.2) is 39.2 Å². The maximum absolute atomic E-state index is 12.7. The first kappa shape index (κ1) is 13.0. The van der Waals surface area contributed by atoms with Gasteiger partial charge in [-0.1, -0.05) is 0 Å². The Kier molecular flexibility index (Phi) is 3.15. The van der Waals surface area contributed by atoms with Crippen molar-refractivity contribution < 1.29 is 13.2 Å². The van der Waals surface area contributed by atoms with Gasteiger partial charge in [0, 0.05) is 25.5 Å². The number of aromatic nitrogens is 4. The van der Waals surface area contributed by atoms with E-state index in [9.17, 15) is 13.2 Å². The highest BCUT2D eigenvalue weighted by Crippen LogP contribution is 2.35. The molecule has 2 aromatic rings. The number of anilines is 1. The summed E-state index contributed by atoms with van der Waals surface area (Å²) in [6, 6.07) is 0. The van der Waals surface area contributed by atoms with Gasteiger partial charge in [0.2, 0.25) is 0 Å². The zero-order valence-electron chi connectivity index (χ0n) is 10.5. The Balaban J connectivity index is 1.84. The normalized spacial score (nSPS) is 17.6. The van der Waals surface area contributed by atoms with E-state index in [4.69, 9.17) is 0 Å². The Bertz CT molecular complexity index is 602. The minimum atomic E-state index is -4.11. The van der Waals surface area contributed by atoms with Crippen molar-refractivity contribution in [1.29, 1.82) is 0 Å². The third-order valence-corrected chi connectivity index (χ3v) is 3.51. The van der Waals surface area contributed by atoms with Crippen LogP contribution >= 0.6 is 0 Å². The molecule has 0 aromatic carbocycles. The molecule has 3 heterocycles. The number of hydrogen-bond donors (Lipinski definition) is 0. The van der Waals surface area contributed by atoms with E-state index in [1.165, 1.54) is 18.7 Å². The van der Waals surface area contributed by atoms with Crippen molar-refractivity contribution in [3.8, 4) is 0 Å². The molecule has 1 aliphatic heterocycles. The van der Waals surface area contributed by atoms with Crippen molar-refractivity contribution in [2.24, 2.45) is 5.92 Å². The number of hydrogen-bond acceptors (Lipinski definition) is 5. The molecular formula is C12H12F3N5. The first-order valence-electron chi connectivity index (χ1n) is 6.29. The minimum Gasteiger partial charge on any atom is -0.355 e. The second kappa shape index (κ2) is 4.84. The number of rotatable bonds is 1. The monoisotopic (exact) mass is 283 g/mol. The Hall–Kier alpha value is -1.99. The first-order chi connectivity index (χ1) is 9.55. The standard InChI is InChI=1S/C12H12F3N5/c13-12(14,15)8-1-5-20(6-2-8)11-9-10(18-7-19-11)17-4-3-16-9/h3-4,7-8H,1-2,5-6H2. The molecule has 1 aliphatic rings. The molecule has 1 saturated heterocycles. The lowest BCUT2D eigenvalue weighted by Gasteiger charge is -2.33. The number of piperidine rings is 1. The largest absolute Gasteiger partial charge is 0.391 e. The number of halogens is 3. The lowest BCUT2D eigenvalue weighted by Crippen LogP contribution is -2.39. The minimum absolute atomic E-state index is 0.0786. The quantitative estimate of drug-likeness (QED) is 0.803. The lowest BCUT2D eigenvalue weighted by molar-refractivity contribution is -0.179. The fraction of sp³-hybridized carbons (Fsp3) is 0.500. The Morgan fingerprint density at radius 1 is 1.00 bits per heavy atom. The molecule has 0 N–H and O–H groups in total. The average Bonchev–Trinajstić information content (AvgIpc) is 2.46. The van der Waals surface area contributed by atoms with E-state index in [0.29, 0.717) is 30.1 Å². The van der Waals surface area contributed by atoms with Crippen LogP contribution in [0, 0.1) is 5.92 Å². The summed E-state index contributed by atoms with van der Waals surface area (Å²) in [5.74, 6) is -0.665. The van der Waals surface area contributed by atoms with Gasteiger partial charge in [-0.2, -0.15) is 13.2 Å². The van der Waals surface area contributed by atoms with E-state index in [2.05, 4.69) is 19.9 Å².